The van der Waals surface area contributed by atoms with E-state index in [1.165, 1.54) is 6.92 Å². The summed E-state index contributed by atoms with van der Waals surface area (Å²) in [5, 5.41) is 5.62. The Balaban J connectivity index is 1.36. The van der Waals surface area contributed by atoms with Crippen LogP contribution in [0, 0.1) is 11.8 Å². The molecule has 3 amide bonds. The predicted octanol–water partition coefficient (Wildman–Crippen LogP) is 2.58. The molecule has 2 bridgehead atoms. The molecule has 0 radical (unpaired) electrons. The number of hydrogen-bond acceptors (Lipinski definition) is 5. The van der Waals surface area contributed by atoms with E-state index in [0.29, 0.717) is 29.4 Å². The first kappa shape index (κ1) is 20.3. The van der Waals surface area contributed by atoms with Crippen molar-refractivity contribution in [3.05, 3.63) is 60.7 Å². The van der Waals surface area contributed by atoms with E-state index in [1.807, 2.05) is 12.2 Å². The maximum atomic E-state index is 13.4. The minimum absolute atomic E-state index is 0.140. The number of anilines is 3. The van der Waals surface area contributed by atoms with E-state index in [2.05, 4.69) is 10.6 Å². The normalized spacial score (nSPS) is 27.4. The van der Waals surface area contributed by atoms with Gasteiger partial charge in [-0.25, -0.2) is 0 Å². The second kappa shape index (κ2) is 7.49. The first-order valence-corrected chi connectivity index (χ1v) is 10.4. The highest BCUT2D eigenvalue weighted by Crippen LogP contribution is 2.52. The Morgan fingerprint density at radius 1 is 1.06 bits per heavy atom. The standard InChI is InChI=1S/C24H23N3O5/c1-14(28)25-15-3-7-17(8-4-15)27-13-24-12-11-19(32-24)20(21(24)23(27)30)22(29)26-16-5-9-18(31-2)10-6-16/h3-12,19-21H,13H2,1-2H3,(H,25,28)(H,26,29)/t19-,20?,21+,24-/m0/s1. The quantitative estimate of drug-likeness (QED) is 0.707. The lowest BCUT2D eigenvalue weighted by Crippen LogP contribution is -2.41. The van der Waals surface area contributed by atoms with Gasteiger partial charge in [0, 0.05) is 24.0 Å². The van der Waals surface area contributed by atoms with Gasteiger partial charge in [0.1, 0.15) is 11.4 Å². The van der Waals surface area contributed by atoms with Crippen LogP contribution in [0.1, 0.15) is 6.92 Å². The Hall–Kier alpha value is -3.65. The molecule has 2 saturated heterocycles. The van der Waals surface area contributed by atoms with Gasteiger partial charge in [-0.05, 0) is 48.5 Å². The number of ether oxygens (including phenoxy) is 2. The Labute approximate surface area is 185 Å². The minimum atomic E-state index is -0.806. The number of rotatable bonds is 5. The van der Waals surface area contributed by atoms with Crippen LogP contribution in [0.2, 0.25) is 0 Å². The van der Waals surface area contributed by atoms with Crippen LogP contribution < -0.4 is 20.3 Å². The molecule has 8 heteroatoms. The lowest BCUT2D eigenvalue weighted by atomic mass is 9.77. The summed E-state index contributed by atoms with van der Waals surface area (Å²) in [6, 6.07) is 14.1. The summed E-state index contributed by atoms with van der Waals surface area (Å²) in [4.78, 5) is 39.5. The summed E-state index contributed by atoms with van der Waals surface area (Å²) < 4.78 is 11.3. The summed E-state index contributed by atoms with van der Waals surface area (Å²) in [7, 11) is 1.58. The second-order valence-corrected chi connectivity index (χ2v) is 8.27. The summed E-state index contributed by atoms with van der Waals surface area (Å²) in [6.45, 7) is 1.78. The van der Waals surface area contributed by atoms with Crippen LogP contribution in [0.5, 0.6) is 5.75 Å². The molecule has 8 nitrogen and oxygen atoms in total. The number of nitrogens with zero attached hydrogens (tertiary/aromatic N) is 1. The van der Waals surface area contributed by atoms with E-state index in [1.54, 1.807) is 60.5 Å². The zero-order chi connectivity index (χ0) is 22.5. The van der Waals surface area contributed by atoms with Crippen LogP contribution >= 0.6 is 0 Å². The van der Waals surface area contributed by atoms with Crippen molar-refractivity contribution < 1.29 is 23.9 Å². The lowest BCUT2D eigenvalue weighted by molar-refractivity contribution is -0.128. The third-order valence-corrected chi connectivity index (χ3v) is 6.26. The number of nitrogens with one attached hydrogen (secondary N) is 2. The van der Waals surface area contributed by atoms with Crippen LogP contribution in [-0.4, -0.2) is 43.1 Å². The molecule has 164 valence electrons. The maximum absolute atomic E-state index is 13.4. The number of amides is 3. The van der Waals surface area contributed by atoms with Gasteiger partial charge in [0.15, 0.2) is 0 Å². The molecule has 0 saturated carbocycles. The van der Waals surface area contributed by atoms with Crippen molar-refractivity contribution >= 4 is 34.8 Å². The smallest absolute Gasteiger partial charge is 0.234 e. The van der Waals surface area contributed by atoms with E-state index >= 15 is 0 Å². The van der Waals surface area contributed by atoms with E-state index < -0.39 is 23.5 Å². The van der Waals surface area contributed by atoms with Gasteiger partial charge in [0.2, 0.25) is 17.7 Å². The molecule has 1 unspecified atom stereocenters. The number of carbonyl (C=O) groups is 3. The van der Waals surface area contributed by atoms with Crippen LogP contribution in [0.4, 0.5) is 17.1 Å². The number of hydrogen-bond donors (Lipinski definition) is 2. The molecule has 5 rings (SSSR count). The fourth-order valence-corrected chi connectivity index (χ4v) is 4.84. The number of fused-ring (bicyclic) bond motifs is 1. The maximum Gasteiger partial charge on any atom is 0.234 e. The third kappa shape index (κ3) is 3.23. The molecule has 3 aliphatic heterocycles. The first-order valence-electron chi connectivity index (χ1n) is 10.4. The van der Waals surface area contributed by atoms with Gasteiger partial charge in [-0.2, -0.15) is 0 Å². The first-order chi connectivity index (χ1) is 15.4. The van der Waals surface area contributed by atoms with Crippen molar-refractivity contribution in [3.8, 4) is 5.75 Å². The van der Waals surface area contributed by atoms with E-state index in [4.69, 9.17) is 9.47 Å². The third-order valence-electron chi connectivity index (χ3n) is 6.26. The van der Waals surface area contributed by atoms with Crippen molar-refractivity contribution in [2.75, 3.05) is 29.2 Å². The Bertz CT molecular complexity index is 1110. The molecule has 2 aromatic carbocycles. The zero-order valence-electron chi connectivity index (χ0n) is 17.7. The van der Waals surface area contributed by atoms with Gasteiger partial charge < -0.3 is 25.0 Å². The molecule has 2 N–H and O–H groups in total. The van der Waals surface area contributed by atoms with E-state index in [0.717, 1.165) is 0 Å². The van der Waals surface area contributed by atoms with Gasteiger partial charge in [-0.15, -0.1) is 0 Å². The zero-order valence-corrected chi connectivity index (χ0v) is 17.7. The molecule has 0 aliphatic carbocycles. The molecule has 4 atom stereocenters. The van der Waals surface area contributed by atoms with Crippen LogP contribution in [-0.2, 0) is 19.1 Å². The Morgan fingerprint density at radius 3 is 2.38 bits per heavy atom. The lowest BCUT2D eigenvalue weighted by Gasteiger charge is -2.23. The predicted molar refractivity (Wildman–Crippen MR) is 118 cm³/mol. The van der Waals surface area contributed by atoms with Crippen molar-refractivity contribution in [2.45, 2.75) is 18.6 Å². The molecule has 32 heavy (non-hydrogen) atoms. The van der Waals surface area contributed by atoms with Crippen LogP contribution in [0.15, 0.2) is 60.7 Å². The van der Waals surface area contributed by atoms with Gasteiger partial charge in [0.05, 0.1) is 31.6 Å². The van der Waals surface area contributed by atoms with Gasteiger partial charge in [-0.1, -0.05) is 12.2 Å². The molecular formula is C24H23N3O5. The molecule has 3 heterocycles. The number of carbonyl (C=O) groups excluding carboxylic acids is 3. The van der Waals surface area contributed by atoms with Crippen LogP contribution in [0.3, 0.4) is 0 Å². The molecule has 2 fully saturated rings. The van der Waals surface area contributed by atoms with E-state index in [-0.39, 0.29) is 17.7 Å². The van der Waals surface area contributed by atoms with Crippen molar-refractivity contribution in [3.63, 3.8) is 0 Å². The molecule has 0 aromatic heterocycles. The van der Waals surface area contributed by atoms with Crippen molar-refractivity contribution in [2.24, 2.45) is 11.8 Å². The highest BCUT2D eigenvalue weighted by Gasteiger charge is 2.67. The largest absolute Gasteiger partial charge is 0.497 e. The van der Waals surface area contributed by atoms with Crippen LogP contribution in [0.25, 0.3) is 0 Å². The fourth-order valence-electron chi connectivity index (χ4n) is 4.84. The molecule has 1 spiro atoms. The summed E-state index contributed by atoms with van der Waals surface area (Å²) >= 11 is 0. The van der Waals surface area contributed by atoms with Gasteiger partial charge in [-0.3, -0.25) is 14.4 Å². The van der Waals surface area contributed by atoms with Gasteiger partial charge in [0.25, 0.3) is 0 Å². The summed E-state index contributed by atoms with van der Waals surface area (Å²) in [5.41, 5.74) is 1.18. The SMILES string of the molecule is COc1ccc(NC(=O)C2[C@@H]3C=C[C@@]4(CN(c5ccc(NC(C)=O)cc5)C(=O)[C@@H]24)O3)cc1. The molecule has 2 aromatic rings. The summed E-state index contributed by atoms with van der Waals surface area (Å²) in [5.74, 6) is -1.06. The van der Waals surface area contributed by atoms with Crippen molar-refractivity contribution in [1.82, 2.24) is 0 Å². The Kier molecular flexibility index (Phi) is 4.74. The second-order valence-electron chi connectivity index (χ2n) is 8.27. The van der Waals surface area contributed by atoms with Crippen molar-refractivity contribution in [1.29, 1.82) is 0 Å². The highest BCUT2D eigenvalue weighted by molar-refractivity contribution is 6.05. The monoisotopic (exact) mass is 433 g/mol. The average molecular weight is 433 g/mol. The number of benzene rings is 2. The minimum Gasteiger partial charge on any atom is -0.497 e. The Morgan fingerprint density at radius 2 is 1.72 bits per heavy atom. The topological polar surface area (TPSA) is 97.0 Å². The van der Waals surface area contributed by atoms with E-state index in [9.17, 15) is 14.4 Å². The fraction of sp³-hybridized carbons (Fsp3) is 0.292. The summed E-state index contributed by atoms with van der Waals surface area (Å²) in [6.07, 6.45) is 3.38. The molecular weight excluding hydrogens is 410 g/mol. The van der Waals surface area contributed by atoms with Gasteiger partial charge >= 0.3 is 0 Å². The highest BCUT2D eigenvalue weighted by atomic mass is 16.5. The average Bonchev–Trinajstić information content (AvgIpc) is 3.43. The number of methoxy groups -OCH3 is 1. The molecule has 3 aliphatic rings.